The number of carbonyl (C=O) groups is 2. The summed E-state index contributed by atoms with van der Waals surface area (Å²) in [5, 5.41) is 9.53. The number of carbonyl (C=O) groups excluding carboxylic acids is 1. The Morgan fingerprint density at radius 2 is 1.78 bits per heavy atom. The zero-order valence-corrected chi connectivity index (χ0v) is 13.5. The predicted molar refractivity (Wildman–Crippen MR) is 85.4 cm³/mol. The molecule has 2 heterocycles. The normalized spacial score (nSPS) is 30.1. The average molecular weight is 317 g/mol. The number of amides is 1. The molecule has 1 fully saturated rings. The van der Waals surface area contributed by atoms with Crippen LogP contribution in [0.5, 0.6) is 0 Å². The summed E-state index contributed by atoms with van der Waals surface area (Å²) in [6.07, 6.45) is 0.734. The van der Waals surface area contributed by atoms with E-state index in [1.54, 1.807) is 0 Å². The van der Waals surface area contributed by atoms with E-state index in [-0.39, 0.29) is 23.9 Å². The Labute approximate surface area is 135 Å². The Balaban J connectivity index is 1.79. The van der Waals surface area contributed by atoms with Crippen LogP contribution in [-0.4, -0.2) is 40.0 Å². The smallest absolute Gasteiger partial charge is 0.326 e. The van der Waals surface area contributed by atoms with E-state index in [9.17, 15) is 14.7 Å². The van der Waals surface area contributed by atoms with Gasteiger partial charge < -0.3 is 10.0 Å². The third kappa shape index (κ3) is 3.09. The van der Waals surface area contributed by atoms with Crippen molar-refractivity contribution in [3.63, 3.8) is 0 Å². The molecule has 1 aromatic carbocycles. The van der Waals surface area contributed by atoms with Crippen LogP contribution in [0.25, 0.3) is 0 Å². The number of hydrogen-bond acceptors (Lipinski definition) is 4. The van der Waals surface area contributed by atoms with Crippen LogP contribution in [-0.2, 0) is 22.6 Å². The van der Waals surface area contributed by atoms with Gasteiger partial charge in [0.1, 0.15) is 6.04 Å². The molecule has 6 nitrogen and oxygen atoms in total. The fourth-order valence-electron chi connectivity index (χ4n) is 3.59. The molecule has 1 amide bonds. The standard InChI is InChI=1S/C17H23N3O3/c1-10-14(11(2)19-18-10)8-16(21)20-9-13-6-4-3-5-12(13)7-15(20)17(22)23/h3-6,10-11,14-15,18-19H,7-9H2,1-2H3,(H,22,23). The lowest BCUT2D eigenvalue weighted by Crippen LogP contribution is -2.49. The fraction of sp³-hybridized carbons (Fsp3) is 0.529. The van der Waals surface area contributed by atoms with E-state index in [1.165, 1.54) is 4.90 Å². The summed E-state index contributed by atoms with van der Waals surface area (Å²) in [5.41, 5.74) is 8.35. The van der Waals surface area contributed by atoms with Crippen molar-refractivity contribution in [2.75, 3.05) is 0 Å². The monoisotopic (exact) mass is 317 g/mol. The first-order chi connectivity index (χ1) is 11.0. The minimum Gasteiger partial charge on any atom is -0.480 e. The molecule has 3 rings (SSSR count). The molecular weight excluding hydrogens is 294 g/mol. The van der Waals surface area contributed by atoms with Crippen LogP contribution >= 0.6 is 0 Å². The number of carboxylic acid groups (broad SMARTS) is 1. The van der Waals surface area contributed by atoms with Crippen molar-refractivity contribution in [3.8, 4) is 0 Å². The zero-order chi connectivity index (χ0) is 16.6. The number of hydrazine groups is 1. The summed E-state index contributed by atoms with van der Waals surface area (Å²) in [7, 11) is 0. The van der Waals surface area contributed by atoms with Gasteiger partial charge in [0.2, 0.25) is 5.91 Å². The number of aliphatic carboxylic acids is 1. The first-order valence-electron chi connectivity index (χ1n) is 8.07. The highest BCUT2D eigenvalue weighted by molar-refractivity contribution is 5.84. The molecule has 23 heavy (non-hydrogen) atoms. The lowest BCUT2D eigenvalue weighted by atomic mass is 9.90. The summed E-state index contributed by atoms with van der Waals surface area (Å²) in [6.45, 7) is 4.45. The minimum atomic E-state index is -0.934. The number of nitrogens with one attached hydrogen (secondary N) is 2. The summed E-state index contributed by atoms with van der Waals surface area (Å²) in [5.74, 6) is -0.855. The molecule has 0 aliphatic carbocycles. The second-order valence-electron chi connectivity index (χ2n) is 6.58. The Morgan fingerprint density at radius 1 is 1.17 bits per heavy atom. The molecular formula is C17H23N3O3. The first kappa shape index (κ1) is 16.0. The van der Waals surface area contributed by atoms with Crippen LogP contribution in [0.3, 0.4) is 0 Å². The summed E-state index contributed by atoms with van der Waals surface area (Å²) in [6, 6.07) is 7.36. The molecule has 0 radical (unpaired) electrons. The quantitative estimate of drug-likeness (QED) is 0.772. The van der Waals surface area contributed by atoms with Gasteiger partial charge in [0, 0.05) is 37.4 Å². The molecule has 0 bridgehead atoms. The van der Waals surface area contributed by atoms with E-state index in [2.05, 4.69) is 10.9 Å². The Kier molecular flexibility index (Phi) is 4.37. The summed E-state index contributed by atoms with van der Waals surface area (Å²) in [4.78, 5) is 25.9. The topological polar surface area (TPSA) is 81.7 Å². The van der Waals surface area contributed by atoms with Gasteiger partial charge in [-0.1, -0.05) is 24.3 Å². The Morgan fingerprint density at radius 3 is 2.39 bits per heavy atom. The molecule has 0 saturated carbocycles. The second-order valence-corrected chi connectivity index (χ2v) is 6.58. The van der Waals surface area contributed by atoms with Gasteiger partial charge in [0.25, 0.3) is 0 Å². The molecule has 1 aromatic rings. The van der Waals surface area contributed by atoms with E-state index < -0.39 is 12.0 Å². The minimum absolute atomic E-state index is 0.0823. The van der Waals surface area contributed by atoms with Gasteiger partial charge in [0.15, 0.2) is 0 Å². The molecule has 124 valence electrons. The highest BCUT2D eigenvalue weighted by Gasteiger charge is 2.38. The maximum atomic E-state index is 12.8. The fourth-order valence-corrected chi connectivity index (χ4v) is 3.59. The molecule has 0 aromatic heterocycles. The van der Waals surface area contributed by atoms with Gasteiger partial charge in [-0.3, -0.25) is 15.6 Å². The van der Waals surface area contributed by atoms with Crippen molar-refractivity contribution in [1.29, 1.82) is 0 Å². The number of fused-ring (bicyclic) bond motifs is 1. The third-order valence-electron chi connectivity index (χ3n) is 5.09. The molecule has 3 atom stereocenters. The number of rotatable bonds is 3. The van der Waals surface area contributed by atoms with Crippen LogP contribution in [0.15, 0.2) is 24.3 Å². The number of hydrogen-bond donors (Lipinski definition) is 3. The molecule has 3 unspecified atom stereocenters. The van der Waals surface area contributed by atoms with Gasteiger partial charge in [-0.15, -0.1) is 0 Å². The van der Waals surface area contributed by atoms with Crippen molar-refractivity contribution in [2.45, 2.75) is 51.4 Å². The number of benzene rings is 1. The molecule has 1 saturated heterocycles. The van der Waals surface area contributed by atoms with Crippen molar-refractivity contribution < 1.29 is 14.7 Å². The zero-order valence-electron chi connectivity index (χ0n) is 13.5. The van der Waals surface area contributed by atoms with E-state index in [4.69, 9.17) is 0 Å². The van der Waals surface area contributed by atoms with Crippen molar-refractivity contribution in [2.24, 2.45) is 5.92 Å². The lowest BCUT2D eigenvalue weighted by Gasteiger charge is -2.35. The van der Waals surface area contributed by atoms with E-state index in [1.807, 2.05) is 38.1 Å². The molecule has 0 spiro atoms. The predicted octanol–water partition coefficient (Wildman–Crippen LogP) is 0.916. The second kappa shape index (κ2) is 6.29. The maximum absolute atomic E-state index is 12.8. The number of nitrogens with zero attached hydrogens (tertiary/aromatic N) is 1. The third-order valence-corrected chi connectivity index (χ3v) is 5.09. The molecule has 3 N–H and O–H groups in total. The van der Waals surface area contributed by atoms with Crippen LogP contribution in [0.2, 0.25) is 0 Å². The van der Waals surface area contributed by atoms with Crippen LogP contribution in [0, 0.1) is 5.92 Å². The van der Waals surface area contributed by atoms with E-state index in [0.717, 1.165) is 11.1 Å². The van der Waals surface area contributed by atoms with Crippen LogP contribution in [0.1, 0.15) is 31.4 Å². The Hall–Kier alpha value is -1.92. The van der Waals surface area contributed by atoms with Crippen LogP contribution in [0.4, 0.5) is 0 Å². The van der Waals surface area contributed by atoms with E-state index >= 15 is 0 Å². The Bertz CT molecular complexity index is 609. The summed E-state index contributed by atoms with van der Waals surface area (Å²) >= 11 is 0. The largest absolute Gasteiger partial charge is 0.480 e. The SMILES string of the molecule is CC1NNC(C)C1CC(=O)N1Cc2ccccc2CC1C(=O)O. The number of carboxylic acids is 1. The van der Waals surface area contributed by atoms with Gasteiger partial charge >= 0.3 is 5.97 Å². The van der Waals surface area contributed by atoms with Crippen molar-refractivity contribution >= 4 is 11.9 Å². The molecule has 2 aliphatic heterocycles. The summed E-state index contributed by atoms with van der Waals surface area (Å²) < 4.78 is 0. The lowest BCUT2D eigenvalue weighted by molar-refractivity contribution is -0.151. The van der Waals surface area contributed by atoms with Crippen molar-refractivity contribution in [1.82, 2.24) is 15.8 Å². The van der Waals surface area contributed by atoms with Crippen molar-refractivity contribution in [3.05, 3.63) is 35.4 Å². The highest BCUT2D eigenvalue weighted by Crippen LogP contribution is 2.26. The average Bonchev–Trinajstić information content (AvgIpc) is 2.85. The van der Waals surface area contributed by atoms with Gasteiger partial charge in [-0.2, -0.15) is 0 Å². The van der Waals surface area contributed by atoms with Gasteiger partial charge in [0.05, 0.1) is 0 Å². The first-order valence-corrected chi connectivity index (χ1v) is 8.07. The molecule has 6 heteroatoms. The highest BCUT2D eigenvalue weighted by atomic mass is 16.4. The van der Waals surface area contributed by atoms with E-state index in [0.29, 0.717) is 19.4 Å². The molecule has 2 aliphatic rings. The van der Waals surface area contributed by atoms with Gasteiger partial charge in [-0.05, 0) is 25.0 Å². The van der Waals surface area contributed by atoms with Crippen LogP contribution < -0.4 is 10.9 Å². The maximum Gasteiger partial charge on any atom is 0.326 e. The van der Waals surface area contributed by atoms with Gasteiger partial charge in [-0.25, -0.2) is 4.79 Å².